The summed E-state index contributed by atoms with van der Waals surface area (Å²) in [7, 11) is 0. The van der Waals surface area contributed by atoms with Crippen molar-refractivity contribution < 1.29 is 14.3 Å². The number of ether oxygens (including phenoxy) is 1. The Morgan fingerprint density at radius 1 is 0.818 bits per heavy atom. The Bertz CT molecular complexity index is 1380. The summed E-state index contributed by atoms with van der Waals surface area (Å²) in [6.07, 6.45) is 4.52. The molecule has 0 bridgehead atoms. The third-order valence-electron chi connectivity index (χ3n) is 8.52. The smallest absolute Gasteiger partial charge is 0.257 e. The molecule has 0 saturated carbocycles. The predicted octanol–water partition coefficient (Wildman–Crippen LogP) is 6.50. The number of rotatable bonds is 9. The van der Waals surface area contributed by atoms with Gasteiger partial charge in [-0.15, -0.1) is 0 Å². The van der Waals surface area contributed by atoms with E-state index in [0.29, 0.717) is 55.5 Å². The van der Waals surface area contributed by atoms with Crippen LogP contribution in [0.25, 0.3) is 0 Å². The van der Waals surface area contributed by atoms with E-state index in [2.05, 4.69) is 34.1 Å². The Labute approximate surface area is 267 Å². The molecule has 8 heteroatoms. The second kappa shape index (κ2) is 16.1. The molecule has 0 N–H and O–H groups in total. The highest BCUT2D eigenvalue weighted by Gasteiger charge is 2.26. The lowest BCUT2D eigenvalue weighted by Gasteiger charge is -2.29. The Balaban J connectivity index is 1.44. The summed E-state index contributed by atoms with van der Waals surface area (Å²) < 4.78 is 6.22. The van der Waals surface area contributed by atoms with Crippen LogP contribution in [0.4, 0.5) is 5.69 Å². The summed E-state index contributed by atoms with van der Waals surface area (Å²) in [5.74, 6) is 0.621. The molecular formula is C36H45ClN4O3. The van der Waals surface area contributed by atoms with Crippen LogP contribution in [-0.4, -0.2) is 78.9 Å². The largest absolute Gasteiger partial charge is 0.491 e. The summed E-state index contributed by atoms with van der Waals surface area (Å²) in [5.41, 5.74) is 3.50. The van der Waals surface area contributed by atoms with Gasteiger partial charge in [0.25, 0.3) is 5.91 Å². The minimum Gasteiger partial charge on any atom is -0.491 e. The SMILES string of the molecule is CCCC(=O)N1CCCN(Cc2ccccc2)CCN(C(=O)c2ccccc2OCCN2CCCC2)Cc2ccc(Cl)cc21. The molecular weight excluding hydrogens is 572 g/mol. The minimum atomic E-state index is -0.0759. The van der Waals surface area contributed by atoms with Crippen molar-refractivity contribution in [2.75, 3.05) is 57.3 Å². The minimum absolute atomic E-state index is 0.0759. The van der Waals surface area contributed by atoms with E-state index in [0.717, 1.165) is 56.8 Å². The Morgan fingerprint density at radius 2 is 1.57 bits per heavy atom. The number of amides is 2. The van der Waals surface area contributed by atoms with E-state index in [-0.39, 0.29) is 11.8 Å². The number of fused-ring (bicyclic) bond motifs is 1. The second-order valence-electron chi connectivity index (χ2n) is 11.8. The maximum Gasteiger partial charge on any atom is 0.257 e. The molecule has 0 aromatic heterocycles. The monoisotopic (exact) mass is 616 g/mol. The average molecular weight is 617 g/mol. The number of carbonyl (C=O) groups excluding carboxylic acids is 2. The van der Waals surface area contributed by atoms with Gasteiger partial charge in [-0.2, -0.15) is 0 Å². The maximum absolute atomic E-state index is 14.4. The molecule has 2 aliphatic heterocycles. The van der Waals surface area contributed by atoms with Crippen LogP contribution < -0.4 is 9.64 Å². The molecule has 1 saturated heterocycles. The van der Waals surface area contributed by atoms with Crippen molar-refractivity contribution in [1.82, 2.24) is 14.7 Å². The standard InChI is InChI=1S/C36H45ClN4O3/c1-2-11-35(42)41-21-10-20-39(27-29-12-4-3-5-13-29)22-23-40(28-30-16-17-31(37)26-33(30)41)36(43)32-14-6-7-15-34(32)44-25-24-38-18-8-9-19-38/h3-7,12-17,26H,2,8-11,18-25,27-28H2,1H3. The number of carbonyl (C=O) groups is 2. The number of anilines is 1. The van der Waals surface area contributed by atoms with Crippen LogP contribution in [0, 0.1) is 0 Å². The zero-order chi connectivity index (χ0) is 30.7. The number of benzene rings is 3. The third-order valence-corrected chi connectivity index (χ3v) is 8.76. The summed E-state index contributed by atoms with van der Waals surface area (Å²) in [4.78, 5) is 36.4. The van der Waals surface area contributed by atoms with Gasteiger partial charge in [-0.3, -0.25) is 19.4 Å². The van der Waals surface area contributed by atoms with Crippen LogP contribution >= 0.6 is 11.6 Å². The van der Waals surface area contributed by atoms with Crippen LogP contribution in [0.15, 0.2) is 72.8 Å². The molecule has 7 nitrogen and oxygen atoms in total. The first-order valence-corrected chi connectivity index (χ1v) is 16.5. The summed E-state index contributed by atoms with van der Waals surface area (Å²) in [5, 5.41) is 0.577. The van der Waals surface area contributed by atoms with Crippen LogP contribution in [0.3, 0.4) is 0 Å². The molecule has 0 aliphatic carbocycles. The fourth-order valence-electron chi connectivity index (χ4n) is 6.16. The van der Waals surface area contributed by atoms with Crippen LogP contribution in [0.2, 0.25) is 5.02 Å². The first kappa shape index (κ1) is 32.0. The van der Waals surface area contributed by atoms with Crippen molar-refractivity contribution in [2.45, 2.75) is 52.1 Å². The number of nitrogens with zero attached hydrogens (tertiary/aromatic N) is 4. The summed E-state index contributed by atoms with van der Waals surface area (Å²) in [6.45, 7) is 9.44. The summed E-state index contributed by atoms with van der Waals surface area (Å²) >= 11 is 6.50. The number of likely N-dealkylation sites (tertiary alicyclic amines) is 1. The van der Waals surface area contributed by atoms with Gasteiger partial charge in [0, 0.05) is 57.3 Å². The van der Waals surface area contributed by atoms with Gasteiger partial charge in [-0.1, -0.05) is 67.1 Å². The first-order chi connectivity index (χ1) is 21.5. The first-order valence-electron chi connectivity index (χ1n) is 16.1. The number of hydrogen-bond acceptors (Lipinski definition) is 5. The highest BCUT2D eigenvalue weighted by atomic mass is 35.5. The van der Waals surface area contributed by atoms with E-state index in [1.807, 2.05) is 65.3 Å². The normalized spacial score (nSPS) is 16.8. The van der Waals surface area contributed by atoms with Gasteiger partial charge < -0.3 is 14.5 Å². The van der Waals surface area contributed by atoms with Gasteiger partial charge in [0.15, 0.2) is 0 Å². The fraction of sp³-hybridized carbons (Fsp3) is 0.444. The van der Waals surface area contributed by atoms with Gasteiger partial charge in [0.2, 0.25) is 5.91 Å². The van der Waals surface area contributed by atoms with E-state index >= 15 is 0 Å². The molecule has 2 heterocycles. The Kier molecular flexibility index (Phi) is 11.7. The van der Waals surface area contributed by atoms with Gasteiger partial charge in [-0.25, -0.2) is 0 Å². The fourth-order valence-corrected chi connectivity index (χ4v) is 6.33. The highest BCUT2D eigenvalue weighted by Crippen LogP contribution is 2.30. The zero-order valence-corrected chi connectivity index (χ0v) is 26.7. The van der Waals surface area contributed by atoms with Crippen LogP contribution in [-0.2, 0) is 17.9 Å². The van der Waals surface area contributed by atoms with Gasteiger partial charge in [0.05, 0.1) is 11.3 Å². The molecule has 3 aromatic rings. The molecule has 44 heavy (non-hydrogen) atoms. The molecule has 2 amide bonds. The predicted molar refractivity (Wildman–Crippen MR) is 177 cm³/mol. The number of halogens is 1. The van der Waals surface area contributed by atoms with E-state index < -0.39 is 0 Å². The van der Waals surface area contributed by atoms with E-state index in [1.165, 1.54) is 18.4 Å². The highest BCUT2D eigenvalue weighted by molar-refractivity contribution is 6.31. The van der Waals surface area contributed by atoms with Gasteiger partial charge >= 0.3 is 0 Å². The topological polar surface area (TPSA) is 56.3 Å². The number of para-hydroxylation sites is 1. The number of hydrogen-bond donors (Lipinski definition) is 0. The molecule has 3 aromatic carbocycles. The van der Waals surface area contributed by atoms with E-state index in [4.69, 9.17) is 16.3 Å². The summed E-state index contributed by atoms with van der Waals surface area (Å²) in [6, 6.07) is 23.7. The molecule has 0 atom stereocenters. The van der Waals surface area contributed by atoms with Crippen LogP contribution in [0.1, 0.15) is 60.5 Å². The van der Waals surface area contributed by atoms with E-state index in [9.17, 15) is 9.59 Å². The van der Waals surface area contributed by atoms with Gasteiger partial charge in [0.1, 0.15) is 12.4 Å². The molecule has 0 unspecified atom stereocenters. The third kappa shape index (κ3) is 8.62. The molecule has 234 valence electrons. The lowest BCUT2D eigenvalue weighted by Crippen LogP contribution is -2.38. The molecule has 1 fully saturated rings. The molecule has 0 radical (unpaired) electrons. The molecule has 0 spiro atoms. The zero-order valence-electron chi connectivity index (χ0n) is 25.9. The van der Waals surface area contributed by atoms with Gasteiger partial charge in [-0.05, 0) is 74.2 Å². The maximum atomic E-state index is 14.4. The van der Waals surface area contributed by atoms with Crippen molar-refractivity contribution in [2.24, 2.45) is 0 Å². The Morgan fingerprint density at radius 3 is 2.36 bits per heavy atom. The molecule has 5 rings (SSSR count). The lowest BCUT2D eigenvalue weighted by molar-refractivity contribution is -0.118. The quantitative estimate of drug-likeness (QED) is 0.275. The van der Waals surface area contributed by atoms with Crippen molar-refractivity contribution in [3.05, 3.63) is 94.5 Å². The van der Waals surface area contributed by atoms with Crippen molar-refractivity contribution >= 4 is 29.1 Å². The van der Waals surface area contributed by atoms with Crippen LogP contribution in [0.5, 0.6) is 5.75 Å². The Hall–Kier alpha value is -3.39. The second-order valence-corrected chi connectivity index (χ2v) is 12.2. The molecule has 2 aliphatic rings. The van der Waals surface area contributed by atoms with Crippen molar-refractivity contribution in [3.8, 4) is 5.75 Å². The van der Waals surface area contributed by atoms with Crippen molar-refractivity contribution in [1.29, 1.82) is 0 Å². The van der Waals surface area contributed by atoms with Crippen molar-refractivity contribution in [3.63, 3.8) is 0 Å². The lowest BCUT2D eigenvalue weighted by atomic mass is 10.1. The average Bonchev–Trinajstić information content (AvgIpc) is 3.55. The van der Waals surface area contributed by atoms with E-state index in [1.54, 1.807) is 0 Å².